The Morgan fingerprint density at radius 3 is 2.77 bits per heavy atom. The number of hydrogen-bond acceptors (Lipinski definition) is 4. The first-order valence-electron chi connectivity index (χ1n) is 7.05. The molecule has 0 aliphatic heterocycles. The summed E-state index contributed by atoms with van der Waals surface area (Å²) in [5.41, 5.74) is 0.336. The quantitative estimate of drug-likeness (QED) is 0.733. The Labute approximate surface area is 128 Å². The number of hydrogen-bond donors (Lipinski definition) is 2. The topological polar surface area (TPSA) is 63.5 Å². The molecule has 0 aliphatic rings. The normalized spacial score (nSPS) is 10.6. The van der Waals surface area contributed by atoms with Gasteiger partial charge in [-0.05, 0) is 24.3 Å². The molecule has 0 saturated heterocycles. The second-order valence-corrected chi connectivity index (χ2v) is 4.64. The average Bonchev–Trinajstić information content (AvgIpc) is 3.01. The van der Waals surface area contributed by atoms with Crippen molar-refractivity contribution in [3.05, 3.63) is 48.0 Å². The van der Waals surface area contributed by atoms with E-state index >= 15 is 0 Å². The molecule has 2 rings (SSSR count). The zero-order valence-corrected chi connectivity index (χ0v) is 12.4. The van der Waals surface area contributed by atoms with Gasteiger partial charge >= 0.3 is 0 Å². The molecule has 0 saturated carbocycles. The maximum atomic E-state index is 13.7. The van der Waals surface area contributed by atoms with Crippen LogP contribution in [0.4, 0.5) is 4.39 Å². The van der Waals surface area contributed by atoms with Gasteiger partial charge in [0.05, 0.1) is 12.2 Å². The smallest absolute Gasteiger partial charge is 0.287 e. The summed E-state index contributed by atoms with van der Waals surface area (Å²) in [5.74, 6) is -0.209. The van der Waals surface area contributed by atoms with Crippen molar-refractivity contribution in [3.63, 3.8) is 0 Å². The van der Waals surface area contributed by atoms with Gasteiger partial charge in [-0.1, -0.05) is 12.1 Å². The molecule has 0 spiro atoms. The SMILES string of the molecule is COCCNCCNC(=O)c1ccc(-c2ccccc2F)o1. The van der Waals surface area contributed by atoms with E-state index < -0.39 is 0 Å². The summed E-state index contributed by atoms with van der Waals surface area (Å²) >= 11 is 0. The molecule has 0 bridgehead atoms. The molecule has 6 heteroatoms. The van der Waals surface area contributed by atoms with Crippen LogP contribution in [0.2, 0.25) is 0 Å². The highest BCUT2D eigenvalue weighted by molar-refractivity contribution is 5.92. The van der Waals surface area contributed by atoms with Crippen molar-refractivity contribution in [1.29, 1.82) is 0 Å². The first-order chi connectivity index (χ1) is 10.7. The van der Waals surface area contributed by atoms with Crippen LogP contribution >= 0.6 is 0 Å². The van der Waals surface area contributed by atoms with Crippen molar-refractivity contribution in [2.75, 3.05) is 33.4 Å². The summed E-state index contributed by atoms with van der Waals surface area (Å²) in [6, 6.07) is 9.40. The van der Waals surface area contributed by atoms with Crippen LogP contribution in [0.5, 0.6) is 0 Å². The van der Waals surface area contributed by atoms with Crippen LogP contribution < -0.4 is 10.6 Å². The fourth-order valence-corrected chi connectivity index (χ4v) is 1.92. The van der Waals surface area contributed by atoms with Gasteiger partial charge in [-0.2, -0.15) is 0 Å². The molecule has 0 fully saturated rings. The Morgan fingerprint density at radius 1 is 1.18 bits per heavy atom. The van der Waals surface area contributed by atoms with Crippen LogP contribution in [0.15, 0.2) is 40.8 Å². The second-order valence-electron chi connectivity index (χ2n) is 4.64. The summed E-state index contributed by atoms with van der Waals surface area (Å²) < 4.78 is 24.0. The van der Waals surface area contributed by atoms with E-state index in [9.17, 15) is 9.18 Å². The minimum absolute atomic E-state index is 0.162. The van der Waals surface area contributed by atoms with Crippen molar-refractivity contribution < 1.29 is 18.3 Å². The third-order valence-electron chi connectivity index (χ3n) is 3.04. The molecule has 0 aliphatic carbocycles. The van der Waals surface area contributed by atoms with E-state index in [-0.39, 0.29) is 17.5 Å². The summed E-state index contributed by atoms with van der Waals surface area (Å²) in [6.45, 7) is 2.46. The van der Waals surface area contributed by atoms with E-state index in [4.69, 9.17) is 9.15 Å². The molecule has 1 aromatic heterocycles. The van der Waals surface area contributed by atoms with E-state index in [1.54, 1.807) is 31.4 Å². The molecular weight excluding hydrogens is 287 g/mol. The fraction of sp³-hybridized carbons (Fsp3) is 0.312. The zero-order valence-electron chi connectivity index (χ0n) is 12.4. The van der Waals surface area contributed by atoms with Gasteiger partial charge in [-0.15, -0.1) is 0 Å². The molecular formula is C16H19FN2O3. The monoisotopic (exact) mass is 306 g/mol. The first kappa shape index (κ1) is 16.2. The van der Waals surface area contributed by atoms with Gasteiger partial charge in [0.1, 0.15) is 11.6 Å². The summed E-state index contributed by atoms with van der Waals surface area (Å²) in [4.78, 5) is 11.9. The number of carbonyl (C=O) groups excluding carboxylic acids is 1. The molecule has 0 unspecified atom stereocenters. The predicted octanol–water partition coefficient (Wildman–Crippen LogP) is 2.05. The lowest BCUT2D eigenvalue weighted by atomic mass is 10.1. The number of rotatable bonds is 8. The molecule has 1 heterocycles. The lowest BCUT2D eigenvalue weighted by molar-refractivity contribution is 0.0927. The van der Waals surface area contributed by atoms with Crippen molar-refractivity contribution >= 4 is 5.91 Å². The van der Waals surface area contributed by atoms with Crippen LogP contribution in [0.25, 0.3) is 11.3 Å². The minimum atomic E-state index is -0.383. The number of ether oxygens (including phenoxy) is 1. The van der Waals surface area contributed by atoms with Gasteiger partial charge in [0.15, 0.2) is 5.76 Å². The van der Waals surface area contributed by atoms with Gasteiger partial charge < -0.3 is 19.8 Å². The fourth-order valence-electron chi connectivity index (χ4n) is 1.92. The number of amides is 1. The number of halogens is 1. The van der Waals surface area contributed by atoms with Crippen LogP contribution in [0.1, 0.15) is 10.6 Å². The molecule has 2 N–H and O–H groups in total. The number of nitrogens with one attached hydrogen (secondary N) is 2. The maximum absolute atomic E-state index is 13.7. The minimum Gasteiger partial charge on any atom is -0.451 e. The van der Waals surface area contributed by atoms with Crippen molar-refractivity contribution in [2.45, 2.75) is 0 Å². The van der Waals surface area contributed by atoms with Crippen molar-refractivity contribution in [2.24, 2.45) is 0 Å². The Kier molecular flexibility index (Phi) is 6.12. The van der Waals surface area contributed by atoms with Gasteiger partial charge in [0, 0.05) is 26.7 Å². The van der Waals surface area contributed by atoms with Crippen LogP contribution in [0, 0.1) is 5.82 Å². The van der Waals surface area contributed by atoms with Gasteiger partial charge in [-0.25, -0.2) is 4.39 Å². The summed E-state index contributed by atoms with van der Waals surface area (Å²) in [5, 5.41) is 5.84. The van der Waals surface area contributed by atoms with E-state index in [2.05, 4.69) is 10.6 Å². The van der Waals surface area contributed by atoms with E-state index in [0.717, 1.165) is 6.54 Å². The zero-order chi connectivity index (χ0) is 15.8. The van der Waals surface area contributed by atoms with Gasteiger partial charge in [0.25, 0.3) is 5.91 Å². The van der Waals surface area contributed by atoms with Crippen molar-refractivity contribution in [3.8, 4) is 11.3 Å². The molecule has 0 radical (unpaired) electrons. The number of methoxy groups -OCH3 is 1. The number of furan rings is 1. The number of carbonyl (C=O) groups is 1. The third-order valence-corrected chi connectivity index (χ3v) is 3.04. The molecule has 2 aromatic rings. The lowest BCUT2D eigenvalue weighted by Gasteiger charge is -2.05. The van der Waals surface area contributed by atoms with E-state index in [1.165, 1.54) is 12.1 Å². The van der Waals surface area contributed by atoms with E-state index in [0.29, 0.717) is 31.0 Å². The second kappa shape index (κ2) is 8.31. The average molecular weight is 306 g/mol. The Bertz CT molecular complexity index is 613. The van der Waals surface area contributed by atoms with Crippen LogP contribution in [0.3, 0.4) is 0 Å². The highest BCUT2D eigenvalue weighted by Gasteiger charge is 2.13. The van der Waals surface area contributed by atoms with Crippen LogP contribution in [-0.2, 0) is 4.74 Å². The molecule has 1 aromatic carbocycles. The molecule has 118 valence electrons. The summed E-state index contributed by atoms with van der Waals surface area (Å²) in [7, 11) is 1.63. The molecule has 1 amide bonds. The van der Waals surface area contributed by atoms with Crippen LogP contribution in [-0.4, -0.2) is 39.3 Å². The molecule has 22 heavy (non-hydrogen) atoms. The lowest BCUT2D eigenvalue weighted by Crippen LogP contribution is -2.32. The maximum Gasteiger partial charge on any atom is 0.287 e. The highest BCUT2D eigenvalue weighted by Crippen LogP contribution is 2.24. The van der Waals surface area contributed by atoms with Gasteiger partial charge in [0.2, 0.25) is 0 Å². The Balaban J connectivity index is 1.86. The molecule has 0 atom stereocenters. The first-order valence-corrected chi connectivity index (χ1v) is 7.05. The molecule has 5 nitrogen and oxygen atoms in total. The Morgan fingerprint density at radius 2 is 2.00 bits per heavy atom. The predicted molar refractivity (Wildman–Crippen MR) is 81.2 cm³/mol. The van der Waals surface area contributed by atoms with Gasteiger partial charge in [-0.3, -0.25) is 4.79 Å². The van der Waals surface area contributed by atoms with Crippen molar-refractivity contribution in [1.82, 2.24) is 10.6 Å². The highest BCUT2D eigenvalue weighted by atomic mass is 19.1. The third kappa shape index (κ3) is 4.41. The largest absolute Gasteiger partial charge is 0.451 e. The standard InChI is InChI=1S/C16H19FN2O3/c1-21-11-10-18-8-9-19-16(20)15-7-6-14(22-15)12-4-2-3-5-13(12)17/h2-7,18H,8-11H2,1H3,(H,19,20). The summed E-state index contributed by atoms with van der Waals surface area (Å²) in [6.07, 6.45) is 0. The van der Waals surface area contributed by atoms with E-state index in [1.807, 2.05) is 0 Å². The Hall–Kier alpha value is -2.18. The number of benzene rings is 1.